The van der Waals surface area contributed by atoms with Crippen LogP contribution in [0.1, 0.15) is 50.8 Å². The predicted molar refractivity (Wildman–Crippen MR) is 141 cm³/mol. The highest BCUT2D eigenvalue weighted by molar-refractivity contribution is 14.1. The average Bonchev–Trinajstić information content (AvgIpc) is 3.23. The van der Waals surface area contributed by atoms with Crippen LogP contribution < -0.4 is 16.0 Å². The van der Waals surface area contributed by atoms with Gasteiger partial charge in [-0.3, -0.25) is 14.3 Å². The Morgan fingerprint density at radius 3 is 2.76 bits per heavy atom. The van der Waals surface area contributed by atoms with Gasteiger partial charge in [0.15, 0.2) is 0 Å². The first-order chi connectivity index (χ1) is 16.0. The van der Waals surface area contributed by atoms with Gasteiger partial charge >= 0.3 is 0 Å². The van der Waals surface area contributed by atoms with Gasteiger partial charge in [-0.2, -0.15) is 5.10 Å². The zero-order valence-corrected chi connectivity index (χ0v) is 22.5. The Morgan fingerprint density at radius 2 is 2.09 bits per heavy atom. The number of nitrogens with one attached hydrogen (secondary N) is 3. The molecule has 0 fully saturated rings. The van der Waals surface area contributed by atoms with Crippen molar-refractivity contribution in [3.63, 3.8) is 0 Å². The van der Waals surface area contributed by atoms with Gasteiger partial charge in [-0.15, -0.1) is 11.3 Å². The molecule has 34 heavy (non-hydrogen) atoms. The Balaban J connectivity index is 1.67. The number of nitrogens with zero attached hydrogens (tertiary/aromatic N) is 2. The first-order valence-corrected chi connectivity index (χ1v) is 12.9. The highest BCUT2D eigenvalue weighted by Crippen LogP contribution is 2.40. The van der Waals surface area contributed by atoms with Crippen LogP contribution in [0, 0.1) is 28.6 Å². The van der Waals surface area contributed by atoms with Crippen molar-refractivity contribution in [3.05, 3.63) is 61.0 Å². The lowest BCUT2D eigenvalue weighted by Crippen LogP contribution is -2.32. The summed E-state index contributed by atoms with van der Waals surface area (Å²) < 4.78 is 17.2. The van der Waals surface area contributed by atoms with Gasteiger partial charge in [-0.05, 0) is 78.1 Å². The fraction of sp³-hybridized carbons (Fsp3) is 0.375. The second kappa shape index (κ2) is 9.65. The van der Waals surface area contributed by atoms with Gasteiger partial charge in [0.05, 0.1) is 28.4 Å². The molecule has 3 heterocycles. The van der Waals surface area contributed by atoms with E-state index in [9.17, 15) is 14.0 Å². The van der Waals surface area contributed by atoms with Crippen molar-refractivity contribution in [2.45, 2.75) is 40.7 Å². The van der Waals surface area contributed by atoms with E-state index in [1.165, 1.54) is 17.4 Å². The van der Waals surface area contributed by atoms with Crippen molar-refractivity contribution in [1.82, 2.24) is 20.4 Å². The number of halogens is 2. The molecule has 180 valence electrons. The second-order valence-corrected chi connectivity index (χ2v) is 11.6. The van der Waals surface area contributed by atoms with E-state index in [0.29, 0.717) is 47.1 Å². The van der Waals surface area contributed by atoms with Gasteiger partial charge in [0.1, 0.15) is 10.8 Å². The summed E-state index contributed by atoms with van der Waals surface area (Å²) in [5.74, 6) is -0.924. The topological polar surface area (TPSA) is 88.0 Å². The number of benzene rings is 1. The number of hydrogen-bond donors (Lipinski definition) is 3. The minimum absolute atomic E-state index is 0.210. The van der Waals surface area contributed by atoms with Crippen molar-refractivity contribution < 1.29 is 14.0 Å². The number of carbonyl (C=O) groups is 2. The lowest BCUT2D eigenvalue weighted by atomic mass is 9.85. The maximum absolute atomic E-state index is 14.6. The van der Waals surface area contributed by atoms with Crippen molar-refractivity contribution in [2.24, 2.45) is 5.41 Å². The minimum atomic E-state index is -0.420. The minimum Gasteiger partial charge on any atom is -0.351 e. The molecular weight excluding hydrogens is 568 g/mol. The Labute approximate surface area is 215 Å². The molecule has 0 saturated heterocycles. The van der Waals surface area contributed by atoms with Crippen molar-refractivity contribution in [1.29, 1.82) is 0 Å². The average molecular weight is 595 g/mol. The zero-order chi connectivity index (χ0) is 24.6. The van der Waals surface area contributed by atoms with Crippen LogP contribution in [0.25, 0.3) is 0 Å². The summed E-state index contributed by atoms with van der Waals surface area (Å²) in [4.78, 5) is 26.8. The van der Waals surface area contributed by atoms with E-state index in [-0.39, 0.29) is 22.9 Å². The van der Waals surface area contributed by atoms with Gasteiger partial charge in [-0.25, -0.2) is 4.39 Å². The standard InChI is InChI=1S/C24H27FIN5O2S/c1-13-9-14(2)31(30-13)8-7-27-21(32)19-16-11-24(3,4)12-28-22(33)20(16)34-23(19)29-18-6-5-15(26)10-17(18)25/h5-6,9-10,29H,7-8,11-12H2,1-4H3,(H,27,32)(H,28,33). The van der Waals surface area contributed by atoms with Gasteiger partial charge in [0, 0.05) is 22.4 Å². The maximum Gasteiger partial charge on any atom is 0.261 e. The molecular formula is C24H27FIN5O2S. The number of anilines is 2. The number of rotatable bonds is 6. The third kappa shape index (κ3) is 5.27. The maximum atomic E-state index is 14.6. The molecule has 0 saturated carbocycles. The van der Waals surface area contributed by atoms with Crippen LogP contribution in [0.3, 0.4) is 0 Å². The van der Waals surface area contributed by atoms with Crippen LogP contribution >= 0.6 is 33.9 Å². The molecule has 3 aromatic rings. The molecule has 0 spiro atoms. The van der Waals surface area contributed by atoms with E-state index in [1.807, 2.05) is 47.2 Å². The molecule has 0 bridgehead atoms. The summed E-state index contributed by atoms with van der Waals surface area (Å²) >= 11 is 3.23. The second-order valence-electron chi connectivity index (χ2n) is 9.29. The zero-order valence-electron chi connectivity index (χ0n) is 19.5. The number of thiophene rings is 1. The third-order valence-corrected chi connectivity index (χ3v) is 7.53. The highest BCUT2D eigenvalue weighted by Gasteiger charge is 2.34. The molecule has 10 heteroatoms. The van der Waals surface area contributed by atoms with Gasteiger partial charge < -0.3 is 16.0 Å². The van der Waals surface area contributed by atoms with E-state index in [4.69, 9.17) is 0 Å². The number of carbonyl (C=O) groups excluding carboxylic acids is 2. The fourth-order valence-corrected chi connectivity index (χ4v) is 5.66. The van der Waals surface area contributed by atoms with E-state index in [0.717, 1.165) is 15.0 Å². The smallest absolute Gasteiger partial charge is 0.261 e. The number of aryl methyl sites for hydroxylation is 2. The van der Waals surface area contributed by atoms with Crippen LogP contribution in [0.4, 0.5) is 15.1 Å². The monoisotopic (exact) mass is 595 g/mol. The van der Waals surface area contributed by atoms with E-state index in [1.54, 1.807) is 12.1 Å². The highest BCUT2D eigenvalue weighted by atomic mass is 127. The first kappa shape index (κ1) is 24.6. The molecule has 2 aromatic heterocycles. The first-order valence-electron chi connectivity index (χ1n) is 11.0. The summed E-state index contributed by atoms with van der Waals surface area (Å²) in [6, 6.07) is 6.83. The Bertz CT molecular complexity index is 1270. The Hall–Kier alpha value is -2.47. The SMILES string of the molecule is Cc1cc(C)n(CCNC(=O)c2c(Nc3ccc(I)cc3F)sc3c2CC(C)(C)CNC3=O)n1. The lowest BCUT2D eigenvalue weighted by molar-refractivity contribution is 0.0944. The summed E-state index contributed by atoms with van der Waals surface area (Å²) in [7, 11) is 0. The molecule has 4 rings (SSSR count). The number of hydrogen-bond acceptors (Lipinski definition) is 5. The molecule has 0 radical (unpaired) electrons. The van der Waals surface area contributed by atoms with Gasteiger partial charge in [-0.1, -0.05) is 13.8 Å². The quantitative estimate of drug-likeness (QED) is 0.358. The van der Waals surface area contributed by atoms with Crippen LogP contribution in [0.5, 0.6) is 0 Å². The molecule has 1 aromatic carbocycles. The van der Waals surface area contributed by atoms with Crippen molar-refractivity contribution in [2.75, 3.05) is 18.4 Å². The summed E-state index contributed by atoms with van der Waals surface area (Å²) in [6.45, 7) is 9.42. The molecule has 2 amide bonds. The Kier molecular flexibility index (Phi) is 6.99. The van der Waals surface area contributed by atoms with Crippen LogP contribution in [0.15, 0.2) is 24.3 Å². The van der Waals surface area contributed by atoms with E-state index < -0.39 is 5.82 Å². The molecule has 1 aliphatic rings. The van der Waals surface area contributed by atoms with E-state index in [2.05, 4.69) is 34.9 Å². The Morgan fingerprint density at radius 1 is 1.32 bits per heavy atom. The predicted octanol–water partition coefficient (Wildman–Crippen LogP) is 4.79. The van der Waals surface area contributed by atoms with Gasteiger partial charge in [0.2, 0.25) is 0 Å². The van der Waals surface area contributed by atoms with Crippen LogP contribution in [0.2, 0.25) is 0 Å². The molecule has 3 N–H and O–H groups in total. The summed E-state index contributed by atoms with van der Waals surface area (Å²) in [5.41, 5.74) is 3.07. The summed E-state index contributed by atoms with van der Waals surface area (Å²) in [6.07, 6.45) is 0.550. The van der Waals surface area contributed by atoms with E-state index >= 15 is 0 Å². The third-order valence-electron chi connectivity index (χ3n) is 5.72. The number of aromatic nitrogens is 2. The summed E-state index contributed by atoms with van der Waals surface area (Å²) in [5, 5.41) is 13.9. The molecule has 0 unspecified atom stereocenters. The molecule has 0 aliphatic carbocycles. The van der Waals surface area contributed by atoms with Crippen LogP contribution in [-0.4, -0.2) is 34.7 Å². The largest absolute Gasteiger partial charge is 0.351 e. The van der Waals surface area contributed by atoms with Gasteiger partial charge in [0.25, 0.3) is 11.8 Å². The van der Waals surface area contributed by atoms with Crippen molar-refractivity contribution in [3.8, 4) is 0 Å². The molecule has 7 nitrogen and oxygen atoms in total. The van der Waals surface area contributed by atoms with Crippen LogP contribution in [-0.2, 0) is 13.0 Å². The molecule has 0 atom stereocenters. The number of amides is 2. The lowest BCUT2D eigenvalue weighted by Gasteiger charge is -2.22. The molecule has 1 aliphatic heterocycles. The number of fused-ring (bicyclic) bond motifs is 1. The fourth-order valence-electron chi connectivity index (χ4n) is 4.06. The normalized spacial score (nSPS) is 14.8. The van der Waals surface area contributed by atoms with Crippen molar-refractivity contribution >= 4 is 56.4 Å².